The third-order valence-corrected chi connectivity index (χ3v) is 2.87. The van der Waals surface area contributed by atoms with Crippen LogP contribution in [0.3, 0.4) is 0 Å². The van der Waals surface area contributed by atoms with Gasteiger partial charge in [-0.2, -0.15) is 0 Å². The van der Waals surface area contributed by atoms with Gasteiger partial charge in [-0.25, -0.2) is 15.0 Å². The van der Waals surface area contributed by atoms with E-state index in [2.05, 4.69) is 35.7 Å². The van der Waals surface area contributed by atoms with Crippen molar-refractivity contribution in [1.29, 1.82) is 0 Å². The maximum absolute atomic E-state index is 5.79. The van der Waals surface area contributed by atoms with E-state index in [4.69, 9.17) is 11.6 Å². The van der Waals surface area contributed by atoms with E-state index in [1.54, 1.807) is 6.20 Å². The number of hydrogen-bond acceptors (Lipinski definition) is 4. The molecule has 5 heteroatoms. The molecule has 0 atom stereocenters. The molecule has 2 rings (SSSR count). The third-order valence-electron chi connectivity index (χ3n) is 1.80. The minimum absolute atomic E-state index is 0.0370. The number of thiazole rings is 1. The quantitative estimate of drug-likeness (QED) is 0.695. The van der Waals surface area contributed by atoms with Gasteiger partial charge in [0.2, 0.25) is 0 Å². The number of halogens is 1. The SMILES string of the molecule is CC(C)(C)c1ncc2nc(Cl)sc2n1. The number of nitrogens with zero attached hydrogens (tertiary/aromatic N) is 3. The summed E-state index contributed by atoms with van der Waals surface area (Å²) >= 11 is 7.17. The first-order valence-electron chi connectivity index (χ1n) is 4.26. The van der Waals surface area contributed by atoms with Crippen molar-refractivity contribution < 1.29 is 0 Å². The summed E-state index contributed by atoms with van der Waals surface area (Å²) in [4.78, 5) is 13.6. The molecule has 0 saturated heterocycles. The first-order chi connectivity index (χ1) is 6.47. The third kappa shape index (κ3) is 1.72. The molecule has 0 bridgehead atoms. The molecule has 0 aliphatic rings. The number of rotatable bonds is 0. The van der Waals surface area contributed by atoms with Crippen LogP contribution in [0.4, 0.5) is 0 Å². The molecular weight excluding hydrogens is 218 g/mol. The van der Waals surface area contributed by atoms with E-state index in [0.29, 0.717) is 4.47 Å². The van der Waals surface area contributed by atoms with Crippen LogP contribution in [-0.4, -0.2) is 15.0 Å². The summed E-state index contributed by atoms with van der Waals surface area (Å²) in [6.45, 7) is 6.24. The highest BCUT2D eigenvalue weighted by atomic mass is 35.5. The summed E-state index contributed by atoms with van der Waals surface area (Å²) < 4.78 is 0.514. The number of fused-ring (bicyclic) bond motifs is 1. The van der Waals surface area contributed by atoms with E-state index < -0.39 is 0 Å². The molecule has 0 N–H and O–H groups in total. The molecule has 2 aromatic rings. The molecule has 0 aromatic carbocycles. The van der Waals surface area contributed by atoms with E-state index in [1.165, 1.54) is 11.3 Å². The predicted molar refractivity (Wildman–Crippen MR) is 58.9 cm³/mol. The highest BCUT2D eigenvalue weighted by Crippen LogP contribution is 2.26. The van der Waals surface area contributed by atoms with E-state index in [1.807, 2.05) is 0 Å². The lowest BCUT2D eigenvalue weighted by Crippen LogP contribution is -2.15. The Hall–Kier alpha value is -0.740. The van der Waals surface area contributed by atoms with Gasteiger partial charge in [-0.3, -0.25) is 0 Å². The average Bonchev–Trinajstić information content (AvgIpc) is 2.41. The van der Waals surface area contributed by atoms with Gasteiger partial charge >= 0.3 is 0 Å². The van der Waals surface area contributed by atoms with Gasteiger partial charge in [0.05, 0.1) is 6.20 Å². The van der Waals surface area contributed by atoms with Crippen molar-refractivity contribution in [3.05, 3.63) is 16.5 Å². The Bertz CT molecular complexity index is 472. The molecule has 0 spiro atoms. The van der Waals surface area contributed by atoms with Gasteiger partial charge in [0.25, 0.3) is 0 Å². The smallest absolute Gasteiger partial charge is 0.186 e. The van der Waals surface area contributed by atoms with Gasteiger partial charge in [0.1, 0.15) is 16.2 Å². The molecule has 2 heterocycles. The molecule has 0 unspecified atom stereocenters. The van der Waals surface area contributed by atoms with Crippen LogP contribution < -0.4 is 0 Å². The van der Waals surface area contributed by atoms with Gasteiger partial charge in [0, 0.05) is 5.41 Å². The Morgan fingerprint density at radius 3 is 2.64 bits per heavy atom. The summed E-state index contributed by atoms with van der Waals surface area (Å²) in [5, 5.41) is 0. The highest BCUT2D eigenvalue weighted by Gasteiger charge is 2.18. The van der Waals surface area contributed by atoms with Crippen LogP contribution in [0.25, 0.3) is 10.3 Å². The van der Waals surface area contributed by atoms with Gasteiger partial charge in [0.15, 0.2) is 4.47 Å². The van der Waals surface area contributed by atoms with Crippen molar-refractivity contribution in [2.24, 2.45) is 0 Å². The fourth-order valence-corrected chi connectivity index (χ4v) is 2.02. The van der Waals surface area contributed by atoms with Crippen LogP contribution >= 0.6 is 22.9 Å². The molecule has 14 heavy (non-hydrogen) atoms. The van der Waals surface area contributed by atoms with Crippen molar-refractivity contribution in [3.63, 3.8) is 0 Å². The first-order valence-corrected chi connectivity index (χ1v) is 5.46. The van der Waals surface area contributed by atoms with E-state index in [-0.39, 0.29) is 5.41 Å². The Labute approximate surface area is 91.2 Å². The average molecular weight is 228 g/mol. The molecule has 2 aromatic heterocycles. The number of hydrogen-bond donors (Lipinski definition) is 0. The Morgan fingerprint density at radius 1 is 1.29 bits per heavy atom. The summed E-state index contributed by atoms with van der Waals surface area (Å²) in [6.07, 6.45) is 1.73. The van der Waals surface area contributed by atoms with Crippen LogP contribution in [0.15, 0.2) is 6.20 Å². The molecule has 74 valence electrons. The minimum atomic E-state index is -0.0370. The van der Waals surface area contributed by atoms with E-state index >= 15 is 0 Å². The second-order valence-electron chi connectivity index (χ2n) is 4.10. The lowest BCUT2D eigenvalue weighted by atomic mass is 9.96. The van der Waals surface area contributed by atoms with Crippen molar-refractivity contribution in [3.8, 4) is 0 Å². The molecule has 0 aliphatic heterocycles. The monoisotopic (exact) mass is 227 g/mol. The van der Waals surface area contributed by atoms with Gasteiger partial charge in [-0.15, -0.1) is 0 Å². The Morgan fingerprint density at radius 2 is 2.00 bits per heavy atom. The standard InChI is InChI=1S/C9H10ClN3S/c1-9(2,3)7-11-4-5-6(13-7)14-8(10)12-5/h4H,1-3H3. The molecule has 0 amide bonds. The molecule has 3 nitrogen and oxygen atoms in total. The van der Waals surface area contributed by atoms with Crippen molar-refractivity contribution >= 4 is 33.3 Å². The fourth-order valence-electron chi connectivity index (χ4n) is 1.07. The van der Waals surface area contributed by atoms with E-state index in [9.17, 15) is 0 Å². The zero-order valence-electron chi connectivity index (χ0n) is 8.21. The summed E-state index contributed by atoms with van der Waals surface area (Å²) in [7, 11) is 0. The summed E-state index contributed by atoms with van der Waals surface area (Å²) in [6, 6.07) is 0. The fraction of sp³-hybridized carbons (Fsp3) is 0.444. The maximum Gasteiger partial charge on any atom is 0.186 e. The summed E-state index contributed by atoms with van der Waals surface area (Å²) in [5.41, 5.74) is 0.734. The normalized spacial score (nSPS) is 12.3. The Kier molecular flexibility index (Phi) is 2.20. The van der Waals surface area contributed by atoms with Crippen molar-refractivity contribution in [2.45, 2.75) is 26.2 Å². The summed E-state index contributed by atoms with van der Waals surface area (Å²) in [5.74, 6) is 0.824. The van der Waals surface area contributed by atoms with Gasteiger partial charge in [-0.05, 0) is 0 Å². The second-order valence-corrected chi connectivity index (χ2v) is 5.66. The minimum Gasteiger partial charge on any atom is -0.238 e. The molecule has 0 aliphatic carbocycles. The van der Waals surface area contributed by atoms with Crippen molar-refractivity contribution in [2.75, 3.05) is 0 Å². The highest BCUT2D eigenvalue weighted by molar-refractivity contribution is 7.21. The van der Waals surface area contributed by atoms with Crippen LogP contribution in [0.2, 0.25) is 4.47 Å². The van der Waals surface area contributed by atoms with Gasteiger partial charge in [-0.1, -0.05) is 43.7 Å². The van der Waals surface area contributed by atoms with Crippen LogP contribution in [0, 0.1) is 0 Å². The second kappa shape index (κ2) is 3.14. The van der Waals surface area contributed by atoms with Crippen LogP contribution in [-0.2, 0) is 5.41 Å². The zero-order valence-corrected chi connectivity index (χ0v) is 9.78. The molecule has 0 fully saturated rings. The first kappa shape index (κ1) is 9.80. The molecule has 0 radical (unpaired) electrons. The lowest BCUT2D eigenvalue weighted by Gasteiger charge is -2.15. The van der Waals surface area contributed by atoms with Crippen LogP contribution in [0.5, 0.6) is 0 Å². The van der Waals surface area contributed by atoms with Crippen molar-refractivity contribution in [1.82, 2.24) is 15.0 Å². The zero-order chi connectivity index (χ0) is 10.3. The van der Waals surface area contributed by atoms with Gasteiger partial charge < -0.3 is 0 Å². The van der Waals surface area contributed by atoms with E-state index in [0.717, 1.165) is 16.2 Å². The Balaban J connectivity index is 2.62. The molecule has 0 saturated carbocycles. The molecular formula is C9H10ClN3S. The topological polar surface area (TPSA) is 38.7 Å². The predicted octanol–water partition coefficient (Wildman–Crippen LogP) is 3.04. The number of aromatic nitrogens is 3. The maximum atomic E-state index is 5.79. The lowest BCUT2D eigenvalue weighted by molar-refractivity contribution is 0.548. The van der Waals surface area contributed by atoms with Crippen LogP contribution in [0.1, 0.15) is 26.6 Å². The largest absolute Gasteiger partial charge is 0.238 e.